The molecule has 9 heteroatoms. The molecule has 0 aliphatic carbocycles. The number of ether oxygens (including phenoxy) is 2. The van der Waals surface area contributed by atoms with E-state index in [2.05, 4.69) is 58.0 Å². The van der Waals surface area contributed by atoms with Crippen molar-refractivity contribution in [2.45, 2.75) is 49.7 Å². The fourth-order valence-corrected chi connectivity index (χ4v) is 5.36. The Morgan fingerprint density at radius 3 is 2.86 bits per heavy atom. The third-order valence-corrected chi connectivity index (χ3v) is 6.86. The summed E-state index contributed by atoms with van der Waals surface area (Å²) in [5, 5.41) is 3.77. The second-order valence-corrected chi connectivity index (χ2v) is 9.05. The number of hydrogen-bond donors (Lipinski definition) is 2. The highest BCUT2D eigenvalue weighted by molar-refractivity contribution is 8.00. The molecular formula is C20H26N6O2S. The van der Waals surface area contributed by atoms with Crippen LogP contribution in [0.25, 0.3) is 0 Å². The van der Waals surface area contributed by atoms with Gasteiger partial charge in [0.25, 0.3) is 0 Å². The van der Waals surface area contributed by atoms with Crippen molar-refractivity contribution in [3.8, 4) is 11.5 Å². The molecule has 0 spiro atoms. The molecule has 8 nitrogen and oxygen atoms in total. The van der Waals surface area contributed by atoms with Crippen LogP contribution in [0.15, 0.2) is 23.4 Å². The predicted octanol–water partition coefficient (Wildman–Crippen LogP) is 2.57. The Hall–Kier alpha value is -2.39. The standard InChI is InChI=1S/C20H26N6O2S/c1-11(2)22-5-4-6-25-18-16(17(21)23-9-24-18)26-19(25)20(26)29-15-8-14-13(7-12(15)3)27-10-28-14/h7-9,11,19-20,22H,4-6,10H2,1-3H3,(H2,21,23,24). The fraction of sp³-hybridized carbons (Fsp3) is 0.500. The quantitative estimate of drug-likeness (QED) is 0.524. The fourth-order valence-electron chi connectivity index (χ4n) is 4.01. The summed E-state index contributed by atoms with van der Waals surface area (Å²) >= 11 is 1.84. The first-order chi connectivity index (χ1) is 14.0. The van der Waals surface area contributed by atoms with Gasteiger partial charge in [0, 0.05) is 17.5 Å². The van der Waals surface area contributed by atoms with Crippen LogP contribution < -0.4 is 30.3 Å². The maximum atomic E-state index is 6.23. The summed E-state index contributed by atoms with van der Waals surface area (Å²) in [6, 6.07) is 4.63. The van der Waals surface area contributed by atoms with E-state index in [4.69, 9.17) is 15.2 Å². The number of fused-ring (bicyclic) bond motifs is 4. The van der Waals surface area contributed by atoms with Gasteiger partial charge in [-0.3, -0.25) is 0 Å². The Morgan fingerprint density at radius 2 is 2.07 bits per heavy atom. The van der Waals surface area contributed by atoms with E-state index < -0.39 is 0 Å². The zero-order chi connectivity index (χ0) is 20.1. The molecule has 5 rings (SSSR count). The van der Waals surface area contributed by atoms with Gasteiger partial charge in [-0.15, -0.1) is 0 Å². The van der Waals surface area contributed by atoms with Gasteiger partial charge in [0.1, 0.15) is 23.6 Å². The zero-order valence-corrected chi connectivity index (χ0v) is 17.7. The van der Waals surface area contributed by atoms with Crippen LogP contribution in [0.2, 0.25) is 0 Å². The largest absolute Gasteiger partial charge is 0.454 e. The molecule has 3 aliphatic heterocycles. The first-order valence-electron chi connectivity index (χ1n) is 10.0. The zero-order valence-electron chi connectivity index (χ0n) is 16.9. The van der Waals surface area contributed by atoms with E-state index in [0.717, 1.165) is 42.5 Å². The normalized spacial score (nSPS) is 21.0. The molecule has 2 aromatic rings. The molecule has 0 radical (unpaired) electrons. The van der Waals surface area contributed by atoms with Gasteiger partial charge in [-0.2, -0.15) is 0 Å². The number of nitrogens with two attached hydrogens (primary N) is 1. The summed E-state index contributed by atoms with van der Waals surface area (Å²) in [7, 11) is 0. The summed E-state index contributed by atoms with van der Waals surface area (Å²) in [6.07, 6.45) is 2.87. The molecule has 0 bridgehead atoms. The molecule has 3 aliphatic rings. The van der Waals surface area contributed by atoms with Crippen molar-refractivity contribution < 1.29 is 9.47 Å². The van der Waals surface area contributed by atoms with Gasteiger partial charge in [0.05, 0.1) is 0 Å². The molecule has 2 unspecified atom stereocenters. The van der Waals surface area contributed by atoms with E-state index in [1.54, 1.807) is 6.33 Å². The number of nitrogens with one attached hydrogen (secondary N) is 1. The molecule has 1 aromatic heterocycles. The van der Waals surface area contributed by atoms with E-state index in [-0.39, 0.29) is 11.5 Å². The van der Waals surface area contributed by atoms with Crippen molar-refractivity contribution in [3.05, 3.63) is 24.0 Å². The number of aromatic nitrogens is 2. The Kier molecular flexibility index (Phi) is 4.59. The van der Waals surface area contributed by atoms with Crippen LogP contribution in [0.1, 0.15) is 25.8 Å². The molecule has 29 heavy (non-hydrogen) atoms. The SMILES string of the molecule is Cc1cc2c(cc1SC1C3N(CCCNC(C)C)c4ncnc(N)c4N13)OCO2. The number of rotatable bonds is 7. The monoisotopic (exact) mass is 414 g/mol. The van der Waals surface area contributed by atoms with Crippen molar-refractivity contribution >= 4 is 29.1 Å². The number of nitrogen functional groups attached to an aromatic ring is 1. The van der Waals surface area contributed by atoms with Crippen LogP contribution in [0.5, 0.6) is 11.5 Å². The highest BCUT2D eigenvalue weighted by Gasteiger charge is 2.60. The van der Waals surface area contributed by atoms with Gasteiger partial charge >= 0.3 is 0 Å². The number of aryl methyl sites for hydroxylation is 1. The molecule has 1 fully saturated rings. The van der Waals surface area contributed by atoms with Crippen LogP contribution in [0.3, 0.4) is 0 Å². The van der Waals surface area contributed by atoms with E-state index >= 15 is 0 Å². The first-order valence-corrected chi connectivity index (χ1v) is 10.9. The second-order valence-electron chi connectivity index (χ2n) is 7.89. The molecule has 2 atom stereocenters. The summed E-state index contributed by atoms with van der Waals surface area (Å²) in [5.41, 5.74) is 8.38. The van der Waals surface area contributed by atoms with Gasteiger partial charge in [-0.25, -0.2) is 9.97 Å². The number of anilines is 3. The van der Waals surface area contributed by atoms with E-state index in [0.29, 0.717) is 18.7 Å². The van der Waals surface area contributed by atoms with Crippen LogP contribution in [0.4, 0.5) is 17.3 Å². The van der Waals surface area contributed by atoms with Gasteiger partial charge < -0.3 is 30.3 Å². The lowest BCUT2D eigenvalue weighted by atomic mass is 10.2. The molecule has 0 saturated carbocycles. The van der Waals surface area contributed by atoms with Crippen molar-refractivity contribution in [1.82, 2.24) is 15.3 Å². The molecule has 4 heterocycles. The van der Waals surface area contributed by atoms with Crippen molar-refractivity contribution in [3.63, 3.8) is 0 Å². The lowest BCUT2D eigenvalue weighted by Gasteiger charge is -2.21. The van der Waals surface area contributed by atoms with Crippen LogP contribution in [-0.4, -0.2) is 47.4 Å². The summed E-state index contributed by atoms with van der Waals surface area (Å²) in [5.74, 6) is 3.14. The highest BCUT2D eigenvalue weighted by Crippen LogP contribution is 2.57. The van der Waals surface area contributed by atoms with Gasteiger partial charge in [0.15, 0.2) is 23.1 Å². The molecular weight excluding hydrogens is 388 g/mol. The lowest BCUT2D eigenvalue weighted by Crippen LogP contribution is -2.32. The molecule has 154 valence electrons. The second kappa shape index (κ2) is 7.14. The Labute approximate surface area is 174 Å². The number of benzene rings is 1. The average molecular weight is 415 g/mol. The van der Waals surface area contributed by atoms with Crippen LogP contribution >= 0.6 is 11.8 Å². The first kappa shape index (κ1) is 18.6. The van der Waals surface area contributed by atoms with E-state index in [1.807, 2.05) is 11.8 Å². The van der Waals surface area contributed by atoms with Gasteiger partial charge in [0.2, 0.25) is 6.79 Å². The minimum absolute atomic E-state index is 0.262. The Morgan fingerprint density at radius 1 is 1.28 bits per heavy atom. The number of hydrogen-bond acceptors (Lipinski definition) is 9. The smallest absolute Gasteiger partial charge is 0.231 e. The number of nitrogens with zero attached hydrogens (tertiary/aromatic N) is 4. The Bertz CT molecular complexity index is 939. The minimum Gasteiger partial charge on any atom is -0.454 e. The van der Waals surface area contributed by atoms with E-state index in [9.17, 15) is 0 Å². The third kappa shape index (κ3) is 3.22. The third-order valence-electron chi connectivity index (χ3n) is 5.45. The van der Waals surface area contributed by atoms with Crippen LogP contribution in [0, 0.1) is 6.92 Å². The maximum absolute atomic E-state index is 6.23. The maximum Gasteiger partial charge on any atom is 0.231 e. The van der Waals surface area contributed by atoms with Crippen molar-refractivity contribution in [2.24, 2.45) is 0 Å². The minimum atomic E-state index is 0.262. The van der Waals surface area contributed by atoms with Crippen molar-refractivity contribution in [2.75, 3.05) is 35.4 Å². The topological polar surface area (TPSA) is 88.5 Å². The molecule has 0 amide bonds. The molecule has 1 saturated heterocycles. The van der Waals surface area contributed by atoms with Gasteiger partial charge in [-0.05, 0) is 37.6 Å². The average Bonchev–Trinajstić information content (AvgIpc) is 3.02. The highest BCUT2D eigenvalue weighted by atomic mass is 32.2. The summed E-state index contributed by atoms with van der Waals surface area (Å²) in [6.45, 7) is 8.65. The number of thioether (sulfide) groups is 1. The molecule has 3 N–H and O–H groups in total. The van der Waals surface area contributed by atoms with Crippen molar-refractivity contribution in [1.29, 1.82) is 0 Å². The van der Waals surface area contributed by atoms with Gasteiger partial charge in [-0.1, -0.05) is 25.6 Å². The Balaban J connectivity index is 1.35. The summed E-state index contributed by atoms with van der Waals surface area (Å²) < 4.78 is 11.1. The molecule has 1 aromatic carbocycles. The lowest BCUT2D eigenvalue weighted by molar-refractivity contribution is 0.174. The predicted molar refractivity (Wildman–Crippen MR) is 115 cm³/mol. The van der Waals surface area contributed by atoms with E-state index in [1.165, 1.54) is 10.5 Å². The van der Waals surface area contributed by atoms with Crippen LogP contribution in [-0.2, 0) is 0 Å². The summed E-state index contributed by atoms with van der Waals surface area (Å²) in [4.78, 5) is 14.7.